The fourth-order valence-electron chi connectivity index (χ4n) is 4.05. The maximum absolute atomic E-state index is 13.2. The molecular weight excluding hydrogens is 373 g/mol. The van der Waals surface area contributed by atoms with Gasteiger partial charge in [-0.1, -0.05) is 12.1 Å². The number of allylic oxidation sites excluding steroid dienone is 1. The molecule has 0 saturated carbocycles. The molecule has 2 aromatic rings. The van der Waals surface area contributed by atoms with Crippen LogP contribution in [0.3, 0.4) is 0 Å². The first-order chi connectivity index (χ1) is 14.0. The molecular formula is C23H24FNO4. The van der Waals surface area contributed by atoms with Crippen molar-refractivity contribution in [1.29, 1.82) is 0 Å². The average molecular weight is 397 g/mol. The molecule has 5 nitrogen and oxygen atoms in total. The molecule has 0 radical (unpaired) electrons. The van der Waals surface area contributed by atoms with E-state index < -0.39 is 0 Å². The van der Waals surface area contributed by atoms with Crippen LogP contribution >= 0.6 is 0 Å². The number of halogens is 1. The molecule has 29 heavy (non-hydrogen) atoms. The third-order valence-electron chi connectivity index (χ3n) is 5.64. The minimum Gasteiger partial charge on any atom is -0.496 e. The summed E-state index contributed by atoms with van der Waals surface area (Å²) in [5, 5.41) is 0. The van der Waals surface area contributed by atoms with Gasteiger partial charge in [-0.05, 0) is 62.7 Å². The van der Waals surface area contributed by atoms with Gasteiger partial charge in [0, 0.05) is 11.6 Å². The number of nitrogens with zero attached hydrogens (tertiary/aromatic N) is 1. The smallest absolute Gasteiger partial charge is 0.235 e. The summed E-state index contributed by atoms with van der Waals surface area (Å²) in [6.45, 7) is 1.95. The van der Waals surface area contributed by atoms with Gasteiger partial charge in [-0.15, -0.1) is 0 Å². The van der Waals surface area contributed by atoms with Crippen molar-refractivity contribution in [2.24, 2.45) is 0 Å². The molecule has 4 rings (SSSR count). The molecule has 0 bridgehead atoms. The predicted molar refractivity (Wildman–Crippen MR) is 108 cm³/mol. The highest BCUT2D eigenvalue weighted by Crippen LogP contribution is 2.50. The fraction of sp³-hybridized carbons (Fsp3) is 0.348. The molecule has 1 fully saturated rings. The van der Waals surface area contributed by atoms with Crippen molar-refractivity contribution in [3.05, 3.63) is 58.6 Å². The summed E-state index contributed by atoms with van der Waals surface area (Å²) in [4.78, 5) is 15.4. The summed E-state index contributed by atoms with van der Waals surface area (Å²) >= 11 is 0. The highest BCUT2D eigenvalue weighted by Gasteiger charge is 2.38. The van der Waals surface area contributed by atoms with Crippen LogP contribution in [0.2, 0.25) is 0 Å². The Bertz CT molecular complexity index is 960. The number of ketones is 1. The number of likely N-dealkylation sites (tertiary alicyclic amines) is 1. The number of methoxy groups -OCH3 is 2. The van der Waals surface area contributed by atoms with Crippen molar-refractivity contribution in [2.45, 2.75) is 18.8 Å². The Morgan fingerprint density at radius 3 is 2.38 bits per heavy atom. The largest absolute Gasteiger partial charge is 0.496 e. The molecule has 2 heterocycles. The Morgan fingerprint density at radius 2 is 1.76 bits per heavy atom. The zero-order chi connectivity index (χ0) is 20.5. The Hall–Kier alpha value is -2.86. The van der Waals surface area contributed by atoms with Gasteiger partial charge in [-0.3, -0.25) is 4.79 Å². The van der Waals surface area contributed by atoms with E-state index in [9.17, 15) is 9.18 Å². The number of ether oxygens (including phenoxy) is 3. The van der Waals surface area contributed by atoms with Crippen molar-refractivity contribution in [3.8, 4) is 17.2 Å². The van der Waals surface area contributed by atoms with Crippen molar-refractivity contribution in [3.63, 3.8) is 0 Å². The number of benzene rings is 2. The van der Waals surface area contributed by atoms with E-state index in [-0.39, 0.29) is 23.3 Å². The van der Waals surface area contributed by atoms with Crippen LogP contribution in [-0.4, -0.2) is 45.0 Å². The Balaban J connectivity index is 1.79. The molecule has 6 heteroatoms. The van der Waals surface area contributed by atoms with Crippen LogP contribution in [0.4, 0.5) is 4.39 Å². The lowest BCUT2D eigenvalue weighted by atomic mass is 9.86. The van der Waals surface area contributed by atoms with Gasteiger partial charge in [0.05, 0.1) is 14.2 Å². The number of carbonyl (C=O) groups excluding carboxylic acids is 1. The SMILES string of the molecule is COc1cc(OC)c(C2CCN(C)CC2)c2c1C(=O)/C(=C/c1ccc(F)cc1)O2. The van der Waals surface area contributed by atoms with E-state index in [2.05, 4.69) is 11.9 Å². The highest BCUT2D eigenvalue weighted by atomic mass is 19.1. The molecule has 0 spiro atoms. The summed E-state index contributed by atoms with van der Waals surface area (Å²) in [6.07, 6.45) is 3.55. The molecule has 0 aromatic heterocycles. The Morgan fingerprint density at radius 1 is 1.10 bits per heavy atom. The third-order valence-corrected chi connectivity index (χ3v) is 5.64. The Labute approximate surface area is 169 Å². The van der Waals surface area contributed by atoms with Crippen LogP contribution in [0.25, 0.3) is 6.08 Å². The van der Waals surface area contributed by atoms with E-state index in [4.69, 9.17) is 14.2 Å². The second-order valence-electron chi connectivity index (χ2n) is 7.47. The Kier molecular flexibility index (Phi) is 5.28. The standard InChI is InChI=1S/C23H24FNO4/c1-25-10-8-15(9-11-25)20-17(27-2)13-18(28-3)21-22(26)19(29-23(20)21)12-14-4-6-16(24)7-5-14/h4-7,12-13,15H,8-11H2,1-3H3/b19-12-. The summed E-state index contributed by atoms with van der Waals surface area (Å²) in [7, 11) is 5.25. The van der Waals surface area contributed by atoms with Gasteiger partial charge in [-0.2, -0.15) is 0 Å². The maximum atomic E-state index is 13.2. The van der Waals surface area contributed by atoms with E-state index >= 15 is 0 Å². The van der Waals surface area contributed by atoms with Crippen molar-refractivity contribution >= 4 is 11.9 Å². The number of fused-ring (bicyclic) bond motifs is 1. The monoisotopic (exact) mass is 397 g/mol. The summed E-state index contributed by atoms with van der Waals surface area (Å²) < 4.78 is 30.4. The van der Waals surface area contributed by atoms with Gasteiger partial charge in [0.15, 0.2) is 5.76 Å². The number of carbonyl (C=O) groups is 1. The first-order valence-corrected chi connectivity index (χ1v) is 9.69. The minimum absolute atomic E-state index is 0.201. The molecule has 0 aliphatic carbocycles. The first-order valence-electron chi connectivity index (χ1n) is 9.69. The van der Waals surface area contributed by atoms with Gasteiger partial charge < -0.3 is 19.1 Å². The summed E-state index contributed by atoms with van der Waals surface area (Å²) in [6, 6.07) is 7.70. The van der Waals surface area contributed by atoms with Gasteiger partial charge in [0.25, 0.3) is 0 Å². The van der Waals surface area contributed by atoms with Crippen LogP contribution in [0.15, 0.2) is 36.1 Å². The molecule has 0 N–H and O–H groups in total. The quantitative estimate of drug-likeness (QED) is 0.721. The molecule has 152 valence electrons. The van der Waals surface area contributed by atoms with Gasteiger partial charge in [0.1, 0.15) is 28.6 Å². The van der Waals surface area contributed by atoms with Crippen molar-refractivity contribution < 1.29 is 23.4 Å². The van der Waals surface area contributed by atoms with E-state index in [1.54, 1.807) is 31.4 Å². The molecule has 0 amide bonds. The molecule has 2 aromatic carbocycles. The predicted octanol–water partition coefficient (Wildman–Crippen LogP) is 4.27. The molecule has 0 unspecified atom stereocenters. The zero-order valence-electron chi connectivity index (χ0n) is 16.8. The lowest BCUT2D eigenvalue weighted by molar-refractivity contribution is 0.101. The average Bonchev–Trinajstić information content (AvgIpc) is 3.05. The minimum atomic E-state index is -0.329. The molecule has 2 aliphatic heterocycles. The number of rotatable bonds is 4. The normalized spacial score (nSPS) is 18.6. The number of hydrogen-bond acceptors (Lipinski definition) is 5. The van der Waals surface area contributed by atoms with Crippen molar-refractivity contribution in [2.75, 3.05) is 34.4 Å². The van der Waals surface area contributed by atoms with Gasteiger partial charge in [0.2, 0.25) is 5.78 Å². The topological polar surface area (TPSA) is 48.0 Å². The number of Topliss-reactive ketones (excluding diaryl/α,β-unsaturated/α-hetero) is 1. The molecule has 2 aliphatic rings. The van der Waals surface area contributed by atoms with Crippen LogP contribution in [0.5, 0.6) is 17.2 Å². The van der Waals surface area contributed by atoms with Crippen LogP contribution in [-0.2, 0) is 0 Å². The molecule has 1 saturated heterocycles. The van der Waals surface area contributed by atoms with Crippen LogP contribution in [0.1, 0.15) is 40.2 Å². The van der Waals surface area contributed by atoms with Crippen LogP contribution in [0, 0.1) is 5.82 Å². The van der Waals surface area contributed by atoms with E-state index in [0.717, 1.165) is 31.5 Å². The van der Waals surface area contributed by atoms with E-state index in [0.29, 0.717) is 28.4 Å². The van der Waals surface area contributed by atoms with Crippen molar-refractivity contribution in [1.82, 2.24) is 4.90 Å². The zero-order valence-corrected chi connectivity index (χ0v) is 16.8. The number of hydrogen-bond donors (Lipinski definition) is 0. The van der Waals surface area contributed by atoms with Gasteiger partial charge in [-0.25, -0.2) is 4.39 Å². The lowest BCUT2D eigenvalue weighted by Crippen LogP contribution is -2.29. The lowest BCUT2D eigenvalue weighted by Gasteiger charge is -2.30. The van der Waals surface area contributed by atoms with Crippen LogP contribution < -0.4 is 14.2 Å². The van der Waals surface area contributed by atoms with Gasteiger partial charge >= 0.3 is 0 Å². The number of piperidine rings is 1. The highest BCUT2D eigenvalue weighted by molar-refractivity contribution is 6.16. The fourth-order valence-corrected chi connectivity index (χ4v) is 4.05. The van der Waals surface area contributed by atoms with E-state index in [1.807, 2.05) is 0 Å². The first kappa shape index (κ1) is 19.5. The third kappa shape index (κ3) is 3.60. The maximum Gasteiger partial charge on any atom is 0.235 e. The summed E-state index contributed by atoms with van der Waals surface area (Å²) in [5.74, 6) is 1.50. The van der Waals surface area contributed by atoms with E-state index in [1.165, 1.54) is 19.2 Å². The second kappa shape index (κ2) is 7.87. The second-order valence-corrected chi connectivity index (χ2v) is 7.47. The molecule has 0 atom stereocenters. The summed E-state index contributed by atoms with van der Waals surface area (Å²) in [5.41, 5.74) is 2.04.